The van der Waals surface area contributed by atoms with Gasteiger partial charge in [0, 0.05) is 12.1 Å². The van der Waals surface area contributed by atoms with Crippen molar-refractivity contribution in [2.75, 3.05) is 19.5 Å². The fraction of sp³-hybridized carbons (Fsp3) is 0.375. The predicted molar refractivity (Wildman–Crippen MR) is 81.7 cm³/mol. The largest absolute Gasteiger partial charge is 0.468 e. The van der Waals surface area contributed by atoms with Crippen molar-refractivity contribution in [3.05, 3.63) is 29.3 Å². The summed E-state index contributed by atoms with van der Waals surface area (Å²) in [7, 11) is 2.09. The predicted octanol–water partition coefficient (Wildman–Crippen LogP) is 1.16. The lowest BCUT2D eigenvalue weighted by atomic mass is 9.99. The van der Waals surface area contributed by atoms with E-state index in [-0.39, 0.29) is 0 Å². The van der Waals surface area contributed by atoms with E-state index in [1.807, 2.05) is 32.0 Å². The van der Waals surface area contributed by atoms with Crippen molar-refractivity contribution in [2.45, 2.75) is 20.3 Å². The van der Waals surface area contributed by atoms with Crippen molar-refractivity contribution in [3.63, 3.8) is 0 Å². The first-order chi connectivity index (χ1) is 10.8. The molecule has 0 radical (unpaired) electrons. The van der Waals surface area contributed by atoms with Crippen LogP contribution >= 0.6 is 0 Å². The highest BCUT2D eigenvalue weighted by atomic mass is 16.5. The average molecular weight is 321 g/mol. The molecule has 0 unspecified atom stereocenters. The Morgan fingerprint density at radius 1 is 1.04 bits per heavy atom. The second-order valence-electron chi connectivity index (χ2n) is 4.95. The van der Waals surface area contributed by atoms with Crippen molar-refractivity contribution >= 4 is 29.3 Å². The van der Waals surface area contributed by atoms with Gasteiger partial charge in [-0.15, -0.1) is 0 Å². The standard InChI is InChI=1S/C16H19NO6/c1-9-6-5-7-10(2)13(9)17-12(18)8-11(15(20)22-3)14(19)16(21)23-4/h5-7,11H,8H2,1-4H3,(H,17,18)/t11-/m0/s1. The van der Waals surface area contributed by atoms with Gasteiger partial charge in [0.2, 0.25) is 5.91 Å². The first-order valence-electron chi connectivity index (χ1n) is 6.87. The molecule has 0 spiro atoms. The van der Waals surface area contributed by atoms with Crippen molar-refractivity contribution < 1.29 is 28.7 Å². The maximum atomic E-state index is 12.1. The van der Waals surface area contributed by atoms with E-state index in [2.05, 4.69) is 14.8 Å². The van der Waals surface area contributed by atoms with Gasteiger partial charge >= 0.3 is 11.9 Å². The molecular formula is C16H19NO6. The Kier molecular flexibility index (Phi) is 6.44. The number of methoxy groups -OCH3 is 2. The molecule has 1 amide bonds. The Morgan fingerprint density at radius 2 is 1.61 bits per heavy atom. The van der Waals surface area contributed by atoms with Crippen LogP contribution in [0.25, 0.3) is 0 Å². The summed E-state index contributed by atoms with van der Waals surface area (Å²) < 4.78 is 8.78. The second kappa shape index (κ2) is 8.07. The van der Waals surface area contributed by atoms with E-state index in [1.54, 1.807) is 0 Å². The van der Waals surface area contributed by atoms with Gasteiger partial charge in [-0.05, 0) is 25.0 Å². The third-order valence-corrected chi connectivity index (χ3v) is 3.32. The van der Waals surface area contributed by atoms with Crippen LogP contribution in [0.2, 0.25) is 0 Å². The lowest BCUT2D eigenvalue weighted by molar-refractivity contribution is -0.160. The number of ketones is 1. The fourth-order valence-electron chi connectivity index (χ4n) is 2.06. The molecule has 0 aliphatic rings. The van der Waals surface area contributed by atoms with E-state index in [9.17, 15) is 19.2 Å². The number of hydrogen-bond donors (Lipinski definition) is 1. The number of benzene rings is 1. The van der Waals surface area contributed by atoms with Gasteiger partial charge in [-0.2, -0.15) is 0 Å². The number of hydrogen-bond acceptors (Lipinski definition) is 6. The SMILES string of the molecule is COC(=O)C(=O)[C@H](CC(=O)Nc1c(C)cccc1C)C(=O)OC. The maximum Gasteiger partial charge on any atom is 0.375 e. The van der Waals surface area contributed by atoms with Crippen LogP contribution in [0.4, 0.5) is 5.69 Å². The lowest BCUT2D eigenvalue weighted by Crippen LogP contribution is -2.35. The van der Waals surface area contributed by atoms with Crippen LogP contribution in [0.1, 0.15) is 17.5 Å². The van der Waals surface area contributed by atoms with Crippen molar-refractivity contribution in [1.82, 2.24) is 0 Å². The first kappa shape index (κ1) is 18.3. The highest BCUT2D eigenvalue weighted by Gasteiger charge is 2.35. The summed E-state index contributed by atoms with van der Waals surface area (Å²) in [6, 6.07) is 5.48. The molecule has 7 heteroatoms. The molecule has 1 rings (SSSR count). The van der Waals surface area contributed by atoms with Crippen LogP contribution in [-0.2, 0) is 28.7 Å². The molecule has 0 heterocycles. The van der Waals surface area contributed by atoms with Crippen LogP contribution in [0.5, 0.6) is 0 Å². The Hall–Kier alpha value is -2.70. The Bertz CT molecular complexity index is 617. The minimum absolute atomic E-state index is 0.506. The van der Waals surface area contributed by atoms with E-state index in [0.717, 1.165) is 25.3 Å². The number of nitrogens with one attached hydrogen (secondary N) is 1. The Morgan fingerprint density at radius 3 is 2.09 bits per heavy atom. The van der Waals surface area contributed by atoms with Gasteiger partial charge in [0.15, 0.2) is 0 Å². The molecule has 7 nitrogen and oxygen atoms in total. The molecular weight excluding hydrogens is 302 g/mol. The zero-order valence-corrected chi connectivity index (χ0v) is 13.5. The molecule has 0 saturated heterocycles. The summed E-state index contributed by atoms with van der Waals surface area (Å²) in [5, 5.41) is 2.65. The lowest BCUT2D eigenvalue weighted by Gasteiger charge is -2.14. The van der Waals surface area contributed by atoms with Crippen LogP contribution in [-0.4, -0.2) is 37.8 Å². The molecule has 124 valence electrons. The summed E-state index contributed by atoms with van der Waals surface area (Å²) in [5.74, 6) is -5.37. The van der Waals surface area contributed by atoms with E-state index < -0.39 is 36.0 Å². The summed E-state index contributed by atoms with van der Waals surface area (Å²) in [6.45, 7) is 3.64. The molecule has 0 fully saturated rings. The van der Waals surface area contributed by atoms with Gasteiger partial charge < -0.3 is 14.8 Å². The summed E-state index contributed by atoms with van der Waals surface area (Å²) in [6.07, 6.45) is -0.506. The summed E-state index contributed by atoms with van der Waals surface area (Å²) in [4.78, 5) is 47.0. The van der Waals surface area contributed by atoms with Gasteiger partial charge in [-0.25, -0.2) is 4.79 Å². The fourth-order valence-corrected chi connectivity index (χ4v) is 2.06. The minimum Gasteiger partial charge on any atom is -0.468 e. The monoisotopic (exact) mass is 321 g/mol. The van der Waals surface area contributed by atoms with Gasteiger partial charge in [-0.3, -0.25) is 14.4 Å². The van der Waals surface area contributed by atoms with Gasteiger partial charge in [0.1, 0.15) is 5.92 Å². The van der Waals surface area contributed by atoms with Crippen molar-refractivity contribution in [1.29, 1.82) is 0 Å². The zero-order valence-electron chi connectivity index (χ0n) is 13.5. The second-order valence-corrected chi connectivity index (χ2v) is 4.95. The van der Waals surface area contributed by atoms with E-state index in [0.29, 0.717) is 5.69 Å². The van der Waals surface area contributed by atoms with Gasteiger partial charge in [0.05, 0.1) is 14.2 Å². The van der Waals surface area contributed by atoms with Crippen LogP contribution in [0.15, 0.2) is 18.2 Å². The maximum absolute atomic E-state index is 12.1. The summed E-state index contributed by atoms with van der Waals surface area (Å²) >= 11 is 0. The van der Waals surface area contributed by atoms with E-state index in [4.69, 9.17) is 0 Å². The third kappa shape index (κ3) is 4.64. The molecule has 1 aromatic carbocycles. The molecule has 0 aliphatic carbocycles. The number of anilines is 1. The molecule has 23 heavy (non-hydrogen) atoms. The number of amides is 1. The Balaban J connectivity index is 2.92. The minimum atomic E-state index is -1.53. The third-order valence-electron chi connectivity index (χ3n) is 3.32. The molecule has 1 atom stereocenters. The number of rotatable bonds is 6. The number of ether oxygens (including phenoxy) is 2. The van der Waals surface area contributed by atoms with Crippen molar-refractivity contribution in [2.24, 2.45) is 5.92 Å². The zero-order chi connectivity index (χ0) is 17.6. The van der Waals surface area contributed by atoms with Gasteiger partial charge in [-0.1, -0.05) is 18.2 Å². The van der Waals surface area contributed by atoms with Gasteiger partial charge in [0.25, 0.3) is 5.78 Å². The van der Waals surface area contributed by atoms with Crippen LogP contribution in [0.3, 0.4) is 0 Å². The highest BCUT2D eigenvalue weighted by Crippen LogP contribution is 2.20. The molecule has 0 saturated carbocycles. The molecule has 1 N–H and O–H groups in total. The number of Topliss-reactive ketones (excluding diaryl/α,β-unsaturated/α-hetero) is 1. The molecule has 0 aromatic heterocycles. The number of carbonyl (C=O) groups excluding carboxylic acids is 4. The number of esters is 2. The number of para-hydroxylation sites is 1. The van der Waals surface area contributed by atoms with Crippen LogP contribution < -0.4 is 5.32 Å². The quantitative estimate of drug-likeness (QED) is 0.479. The average Bonchev–Trinajstić information content (AvgIpc) is 2.54. The molecule has 0 aliphatic heterocycles. The number of carbonyl (C=O) groups is 4. The number of aryl methyl sites for hydroxylation is 2. The molecule has 0 bridgehead atoms. The normalized spacial score (nSPS) is 11.3. The Labute approximate surface area is 134 Å². The van der Waals surface area contributed by atoms with E-state index in [1.165, 1.54) is 0 Å². The van der Waals surface area contributed by atoms with Crippen molar-refractivity contribution in [3.8, 4) is 0 Å². The smallest absolute Gasteiger partial charge is 0.375 e. The first-order valence-corrected chi connectivity index (χ1v) is 6.87. The summed E-state index contributed by atoms with van der Waals surface area (Å²) in [5.41, 5.74) is 2.28. The van der Waals surface area contributed by atoms with Crippen LogP contribution in [0, 0.1) is 19.8 Å². The van der Waals surface area contributed by atoms with E-state index >= 15 is 0 Å². The highest BCUT2D eigenvalue weighted by molar-refractivity contribution is 6.38. The topological polar surface area (TPSA) is 98.8 Å². The molecule has 1 aromatic rings.